The van der Waals surface area contributed by atoms with Crippen molar-refractivity contribution in [3.8, 4) is 11.5 Å². The predicted octanol–water partition coefficient (Wildman–Crippen LogP) is 9.30. The molecule has 0 radical (unpaired) electrons. The molecule has 0 fully saturated rings. The molecule has 202 valence electrons. The summed E-state index contributed by atoms with van der Waals surface area (Å²) >= 11 is 0. The van der Waals surface area contributed by atoms with Gasteiger partial charge in [-0.3, -0.25) is 0 Å². The summed E-state index contributed by atoms with van der Waals surface area (Å²) in [4.78, 5) is 27.1. The van der Waals surface area contributed by atoms with Crippen molar-refractivity contribution in [1.82, 2.24) is 0 Å². The molecule has 42 heavy (non-hydrogen) atoms. The average Bonchev–Trinajstić information content (AvgIpc) is 3.05. The molecule has 0 aliphatic rings. The number of esters is 2. The topological polar surface area (TPSA) is 52.6 Å². The monoisotopic (exact) mass is 546 g/mol. The van der Waals surface area contributed by atoms with Crippen molar-refractivity contribution in [1.29, 1.82) is 0 Å². The fourth-order valence-corrected chi connectivity index (χ4v) is 5.52. The summed E-state index contributed by atoms with van der Waals surface area (Å²) in [6.45, 7) is 2.07. The van der Waals surface area contributed by atoms with E-state index in [4.69, 9.17) is 9.47 Å². The second-order valence-electron chi connectivity index (χ2n) is 10.3. The van der Waals surface area contributed by atoms with E-state index in [2.05, 4.69) is 6.92 Å². The van der Waals surface area contributed by atoms with Crippen LogP contribution in [-0.4, -0.2) is 11.9 Å². The smallest absolute Gasteiger partial charge is 0.343 e. The lowest BCUT2D eigenvalue weighted by molar-refractivity contribution is 0.0726. The van der Waals surface area contributed by atoms with Crippen LogP contribution in [0.2, 0.25) is 0 Å². The van der Waals surface area contributed by atoms with Crippen molar-refractivity contribution in [2.45, 2.75) is 13.3 Å². The van der Waals surface area contributed by atoms with Crippen LogP contribution in [0.3, 0.4) is 0 Å². The van der Waals surface area contributed by atoms with E-state index < -0.39 is 11.9 Å². The minimum Gasteiger partial charge on any atom is -0.422 e. The van der Waals surface area contributed by atoms with Crippen LogP contribution in [0.1, 0.15) is 33.2 Å². The fraction of sp³-hybridized carbons (Fsp3) is 0.0526. The largest absolute Gasteiger partial charge is 0.422 e. The number of fused-ring (bicyclic) bond motifs is 4. The van der Waals surface area contributed by atoms with Gasteiger partial charge in [0.25, 0.3) is 0 Å². The Morgan fingerprint density at radius 3 is 1.45 bits per heavy atom. The van der Waals surface area contributed by atoms with Crippen molar-refractivity contribution in [3.05, 3.63) is 144 Å². The van der Waals surface area contributed by atoms with Gasteiger partial charge in [-0.05, 0) is 63.9 Å². The Morgan fingerprint density at radius 1 is 0.476 bits per heavy atom. The fourth-order valence-electron chi connectivity index (χ4n) is 5.52. The molecule has 0 saturated carbocycles. The molecule has 4 heteroatoms. The highest BCUT2D eigenvalue weighted by molar-refractivity contribution is 6.14. The lowest BCUT2D eigenvalue weighted by Crippen LogP contribution is -2.11. The first-order chi connectivity index (χ1) is 20.6. The van der Waals surface area contributed by atoms with Crippen molar-refractivity contribution in [2.24, 2.45) is 0 Å². The zero-order chi connectivity index (χ0) is 28.6. The zero-order valence-electron chi connectivity index (χ0n) is 23.0. The van der Waals surface area contributed by atoms with Crippen LogP contribution in [0.4, 0.5) is 0 Å². The molecule has 0 amide bonds. The van der Waals surface area contributed by atoms with Crippen LogP contribution in [0.15, 0.2) is 127 Å². The number of hydrogen-bond acceptors (Lipinski definition) is 4. The van der Waals surface area contributed by atoms with Gasteiger partial charge in [-0.15, -0.1) is 0 Å². The van der Waals surface area contributed by atoms with Gasteiger partial charge in [-0.25, -0.2) is 9.59 Å². The molecule has 4 nitrogen and oxygen atoms in total. The average molecular weight is 547 g/mol. The number of rotatable bonds is 5. The van der Waals surface area contributed by atoms with Gasteiger partial charge in [0.1, 0.15) is 11.5 Å². The second-order valence-corrected chi connectivity index (χ2v) is 10.3. The van der Waals surface area contributed by atoms with Gasteiger partial charge < -0.3 is 9.47 Å². The summed E-state index contributed by atoms with van der Waals surface area (Å²) in [6.07, 6.45) is 0.799. The highest BCUT2D eigenvalue weighted by Gasteiger charge is 2.22. The quantitative estimate of drug-likeness (QED) is 0.123. The summed E-state index contributed by atoms with van der Waals surface area (Å²) in [6, 6.07) is 40.4. The van der Waals surface area contributed by atoms with E-state index in [-0.39, 0.29) is 0 Å². The van der Waals surface area contributed by atoms with E-state index in [9.17, 15) is 9.59 Å². The first-order valence-electron chi connectivity index (χ1n) is 14.0. The molecule has 0 aliphatic carbocycles. The van der Waals surface area contributed by atoms with Gasteiger partial charge >= 0.3 is 11.9 Å². The van der Waals surface area contributed by atoms with Gasteiger partial charge in [0, 0.05) is 21.5 Å². The van der Waals surface area contributed by atoms with Gasteiger partial charge in [-0.1, -0.05) is 104 Å². The summed E-state index contributed by atoms with van der Waals surface area (Å²) in [5.74, 6) is -0.0193. The third-order valence-electron chi connectivity index (χ3n) is 7.76. The molecule has 0 unspecified atom stereocenters. The Labute approximate surface area is 242 Å². The number of carbonyl (C=O) groups is 2. The maximum atomic E-state index is 13.5. The highest BCUT2D eigenvalue weighted by Crippen LogP contribution is 2.44. The van der Waals surface area contributed by atoms with Crippen LogP contribution < -0.4 is 9.47 Å². The minimum atomic E-state index is -0.451. The molecule has 0 bridgehead atoms. The SMILES string of the molecule is CCc1ccc2c(OC(=O)c3ccc4ccccc4c3)c3ccccc3c(OC(=O)c3ccc4ccccc4c3)c2c1. The van der Waals surface area contributed by atoms with E-state index in [1.165, 1.54) is 0 Å². The van der Waals surface area contributed by atoms with Crippen molar-refractivity contribution < 1.29 is 19.1 Å². The Hall–Kier alpha value is -5.48. The van der Waals surface area contributed by atoms with Crippen molar-refractivity contribution >= 4 is 55.0 Å². The van der Waals surface area contributed by atoms with E-state index in [1.807, 2.05) is 115 Å². The van der Waals surface area contributed by atoms with Crippen LogP contribution >= 0.6 is 0 Å². The van der Waals surface area contributed by atoms with Gasteiger partial charge in [0.15, 0.2) is 0 Å². The van der Waals surface area contributed by atoms with E-state index in [1.54, 1.807) is 12.1 Å². The molecule has 0 atom stereocenters. The third kappa shape index (κ3) is 4.53. The van der Waals surface area contributed by atoms with Crippen LogP contribution in [0, 0.1) is 0 Å². The molecule has 0 N–H and O–H groups in total. The summed E-state index contributed by atoms with van der Waals surface area (Å²) in [7, 11) is 0. The number of benzene rings is 7. The van der Waals surface area contributed by atoms with Gasteiger partial charge in [0.05, 0.1) is 11.1 Å². The molecular formula is C38H26O4. The number of ether oxygens (including phenoxy) is 2. The molecular weight excluding hydrogens is 520 g/mol. The van der Waals surface area contributed by atoms with Crippen LogP contribution in [0.5, 0.6) is 11.5 Å². The lowest BCUT2D eigenvalue weighted by atomic mass is 9.98. The Kier molecular flexibility index (Phi) is 6.37. The van der Waals surface area contributed by atoms with E-state index in [0.29, 0.717) is 44.2 Å². The molecule has 0 saturated heterocycles. The van der Waals surface area contributed by atoms with E-state index >= 15 is 0 Å². The van der Waals surface area contributed by atoms with Crippen LogP contribution in [0.25, 0.3) is 43.1 Å². The van der Waals surface area contributed by atoms with Gasteiger partial charge in [0.2, 0.25) is 0 Å². The first-order valence-corrected chi connectivity index (χ1v) is 14.0. The molecule has 0 aliphatic heterocycles. The Balaban J connectivity index is 1.35. The molecule has 7 rings (SSSR count). The molecule has 0 spiro atoms. The number of carbonyl (C=O) groups excluding carboxylic acids is 2. The number of aryl methyl sites for hydroxylation is 1. The maximum absolute atomic E-state index is 13.5. The van der Waals surface area contributed by atoms with Gasteiger partial charge in [-0.2, -0.15) is 0 Å². The molecule has 7 aromatic carbocycles. The second kappa shape index (κ2) is 10.5. The molecule has 0 heterocycles. The minimum absolute atomic E-state index is 0.437. The number of hydrogen-bond donors (Lipinski definition) is 0. The third-order valence-corrected chi connectivity index (χ3v) is 7.76. The van der Waals surface area contributed by atoms with Crippen LogP contribution in [-0.2, 0) is 6.42 Å². The summed E-state index contributed by atoms with van der Waals surface area (Å²) in [5, 5.41) is 6.81. The van der Waals surface area contributed by atoms with Crippen molar-refractivity contribution in [2.75, 3.05) is 0 Å². The Bertz CT molecular complexity index is 2180. The maximum Gasteiger partial charge on any atom is 0.343 e. The highest BCUT2D eigenvalue weighted by atomic mass is 16.5. The lowest BCUT2D eigenvalue weighted by Gasteiger charge is -2.17. The molecule has 7 aromatic rings. The molecule has 0 aromatic heterocycles. The standard InChI is InChI=1S/C38H26O4/c1-2-24-15-20-33-34(21-24)36(42-38(40)30-19-17-26-10-4-6-12-28(26)23-30)32-14-8-7-13-31(32)35(33)41-37(39)29-18-16-25-9-3-5-11-27(25)22-29/h3-23H,2H2,1H3. The predicted molar refractivity (Wildman–Crippen MR) is 169 cm³/mol. The Morgan fingerprint density at radius 2 is 0.929 bits per heavy atom. The summed E-state index contributed by atoms with van der Waals surface area (Å²) in [5.41, 5.74) is 2.00. The first kappa shape index (κ1) is 25.5. The van der Waals surface area contributed by atoms with E-state index in [0.717, 1.165) is 33.5 Å². The summed E-state index contributed by atoms with van der Waals surface area (Å²) < 4.78 is 12.4. The normalized spacial score (nSPS) is 11.3. The zero-order valence-corrected chi connectivity index (χ0v) is 23.0. The van der Waals surface area contributed by atoms with Crippen molar-refractivity contribution in [3.63, 3.8) is 0 Å².